The number of carboxylic acid groups (broad SMARTS) is 1. The van der Waals surface area contributed by atoms with Gasteiger partial charge in [0.1, 0.15) is 0 Å². The number of esters is 1. The SMILES string of the molecule is CC(=O)Oc1sc(-c2ccccc2)cc1NC(CCCC(=O)O)C1CCCCC1. The summed E-state index contributed by atoms with van der Waals surface area (Å²) in [5.41, 5.74) is 1.91. The highest BCUT2D eigenvalue weighted by molar-refractivity contribution is 7.18. The van der Waals surface area contributed by atoms with Crippen LogP contribution in [0, 0.1) is 5.92 Å². The second-order valence-electron chi connectivity index (χ2n) is 7.71. The van der Waals surface area contributed by atoms with E-state index in [9.17, 15) is 9.59 Å². The zero-order valence-electron chi connectivity index (χ0n) is 16.9. The molecule has 1 aromatic heterocycles. The van der Waals surface area contributed by atoms with Crippen molar-refractivity contribution in [3.05, 3.63) is 36.4 Å². The maximum Gasteiger partial charge on any atom is 0.308 e. The molecule has 0 saturated heterocycles. The molecule has 1 unspecified atom stereocenters. The van der Waals surface area contributed by atoms with Gasteiger partial charge in [-0.2, -0.15) is 0 Å². The molecular formula is C23H29NO4S. The molecule has 5 nitrogen and oxygen atoms in total. The molecular weight excluding hydrogens is 386 g/mol. The second kappa shape index (κ2) is 10.4. The van der Waals surface area contributed by atoms with E-state index in [0.717, 1.165) is 35.4 Å². The van der Waals surface area contributed by atoms with Gasteiger partial charge in [0.2, 0.25) is 5.06 Å². The number of ether oxygens (including phenoxy) is 1. The van der Waals surface area contributed by atoms with E-state index in [4.69, 9.17) is 9.84 Å². The van der Waals surface area contributed by atoms with Gasteiger partial charge in [0.05, 0.1) is 5.69 Å². The molecule has 0 radical (unpaired) electrons. The summed E-state index contributed by atoms with van der Waals surface area (Å²) in [5, 5.41) is 13.2. The standard InChI is InChI=1S/C23H29NO4S/c1-16(25)28-23-20(15-21(29-23)18-11-6-3-7-12-18)24-19(13-8-14-22(26)27)17-9-4-2-5-10-17/h3,6-7,11-12,15,17,19,24H,2,4-5,8-10,13-14H2,1H3,(H,26,27). The van der Waals surface area contributed by atoms with Gasteiger partial charge in [-0.25, -0.2) is 0 Å². The Balaban J connectivity index is 1.82. The van der Waals surface area contributed by atoms with E-state index >= 15 is 0 Å². The number of carbonyl (C=O) groups excluding carboxylic acids is 1. The van der Waals surface area contributed by atoms with Gasteiger partial charge in [0, 0.05) is 24.3 Å². The predicted octanol–water partition coefficient (Wildman–Crippen LogP) is 5.96. The van der Waals surface area contributed by atoms with Crippen molar-refractivity contribution >= 4 is 29.0 Å². The summed E-state index contributed by atoms with van der Waals surface area (Å²) in [5.74, 6) is -0.577. The van der Waals surface area contributed by atoms with Gasteiger partial charge in [-0.3, -0.25) is 9.59 Å². The summed E-state index contributed by atoms with van der Waals surface area (Å²) < 4.78 is 5.50. The Morgan fingerprint density at radius 2 is 1.93 bits per heavy atom. The van der Waals surface area contributed by atoms with Gasteiger partial charge in [-0.15, -0.1) is 0 Å². The average molecular weight is 416 g/mol. The van der Waals surface area contributed by atoms with Gasteiger partial charge in [0.25, 0.3) is 0 Å². The van der Waals surface area contributed by atoms with Crippen LogP contribution >= 0.6 is 11.3 Å². The van der Waals surface area contributed by atoms with E-state index in [1.54, 1.807) is 0 Å². The van der Waals surface area contributed by atoms with E-state index < -0.39 is 5.97 Å². The maximum atomic E-state index is 11.6. The molecule has 1 heterocycles. The number of thiophene rings is 1. The Kier molecular flexibility index (Phi) is 7.69. The molecule has 0 spiro atoms. The first-order valence-corrected chi connectivity index (χ1v) is 11.2. The predicted molar refractivity (Wildman–Crippen MR) is 117 cm³/mol. The van der Waals surface area contributed by atoms with Crippen LogP contribution in [-0.2, 0) is 9.59 Å². The smallest absolute Gasteiger partial charge is 0.308 e. The molecule has 0 aliphatic heterocycles. The minimum absolute atomic E-state index is 0.181. The summed E-state index contributed by atoms with van der Waals surface area (Å²) in [6, 6.07) is 12.3. The van der Waals surface area contributed by atoms with Crippen LogP contribution in [0.25, 0.3) is 10.4 Å². The minimum atomic E-state index is -0.755. The Bertz CT molecular complexity index is 812. The quantitative estimate of drug-likeness (QED) is 0.495. The van der Waals surface area contributed by atoms with Gasteiger partial charge in [-0.1, -0.05) is 60.9 Å². The van der Waals surface area contributed by atoms with Crippen molar-refractivity contribution in [3.63, 3.8) is 0 Å². The molecule has 3 rings (SSSR count). The van der Waals surface area contributed by atoms with Crippen molar-refractivity contribution < 1.29 is 19.4 Å². The molecule has 1 aliphatic carbocycles. The van der Waals surface area contributed by atoms with Gasteiger partial charge >= 0.3 is 11.9 Å². The highest BCUT2D eigenvalue weighted by Crippen LogP contribution is 2.42. The van der Waals surface area contributed by atoms with Crippen molar-refractivity contribution in [2.24, 2.45) is 5.92 Å². The minimum Gasteiger partial charge on any atom is -0.481 e. The van der Waals surface area contributed by atoms with Gasteiger partial charge in [0.15, 0.2) is 0 Å². The first-order chi connectivity index (χ1) is 14.0. The van der Waals surface area contributed by atoms with E-state index in [1.807, 2.05) is 36.4 Å². The molecule has 6 heteroatoms. The zero-order valence-corrected chi connectivity index (χ0v) is 17.7. The maximum absolute atomic E-state index is 11.6. The third-order valence-electron chi connectivity index (χ3n) is 5.46. The molecule has 156 valence electrons. The third-order valence-corrected chi connectivity index (χ3v) is 6.52. The fraction of sp³-hybridized carbons (Fsp3) is 0.478. The molecule has 2 aromatic rings. The van der Waals surface area contributed by atoms with E-state index in [2.05, 4.69) is 5.32 Å². The number of rotatable bonds is 9. The highest BCUT2D eigenvalue weighted by Gasteiger charge is 2.25. The number of hydrogen-bond acceptors (Lipinski definition) is 5. The number of nitrogens with one attached hydrogen (secondary N) is 1. The zero-order chi connectivity index (χ0) is 20.6. The number of hydrogen-bond donors (Lipinski definition) is 2. The van der Waals surface area contributed by atoms with E-state index in [1.165, 1.54) is 37.5 Å². The molecule has 1 aliphatic rings. The summed E-state index contributed by atoms with van der Waals surface area (Å²) in [6.45, 7) is 1.41. The molecule has 1 aromatic carbocycles. The van der Waals surface area contributed by atoms with Crippen LogP contribution < -0.4 is 10.1 Å². The molecule has 1 fully saturated rings. The Labute approximate surface area is 176 Å². The molecule has 1 atom stereocenters. The lowest BCUT2D eigenvalue weighted by molar-refractivity contribution is -0.137. The first kappa shape index (κ1) is 21.4. The lowest BCUT2D eigenvalue weighted by Gasteiger charge is -2.31. The second-order valence-corrected chi connectivity index (χ2v) is 8.72. The summed E-state index contributed by atoms with van der Waals surface area (Å²) >= 11 is 1.46. The summed E-state index contributed by atoms with van der Waals surface area (Å²) in [6.07, 6.45) is 7.64. The van der Waals surface area contributed by atoms with Gasteiger partial charge < -0.3 is 15.2 Å². The number of aliphatic carboxylic acids is 1. The Morgan fingerprint density at radius 3 is 2.59 bits per heavy atom. The van der Waals surface area contributed by atoms with E-state index in [0.29, 0.717) is 17.4 Å². The number of benzene rings is 1. The van der Waals surface area contributed by atoms with Crippen molar-refractivity contribution in [1.82, 2.24) is 0 Å². The molecule has 0 bridgehead atoms. The van der Waals surface area contributed by atoms with Crippen LogP contribution in [0.3, 0.4) is 0 Å². The van der Waals surface area contributed by atoms with Crippen LogP contribution in [0.4, 0.5) is 5.69 Å². The normalized spacial score (nSPS) is 15.6. The lowest BCUT2D eigenvalue weighted by Crippen LogP contribution is -2.31. The lowest BCUT2D eigenvalue weighted by atomic mass is 9.82. The fourth-order valence-corrected chi connectivity index (χ4v) is 5.08. The Hall–Kier alpha value is -2.34. The van der Waals surface area contributed by atoms with Gasteiger partial charge in [-0.05, 0) is 43.2 Å². The topological polar surface area (TPSA) is 75.6 Å². The average Bonchev–Trinajstić information content (AvgIpc) is 3.10. The van der Waals surface area contributed by atoms with Crippen molar-refractivity contribution in [2.45, 2.75) is 64.3 Å². The third kappa shape index (κ3) is 6.32. The van der Waals surface area contributed by atoms with Crippen LogP contribution in [0.15, 0.2) is 36.4 Å². The molecule has 29 heavy (non-hydrogen) atoms. The van der Waals surface area contributed by atoms with Crippen molar-refractivity contribution in [1.29, 1.82) is 0 Å². The van der Waals surface area contributed by atoms with Crippen molar-refractivity contribution in [3.8, 4) is 15.5 Å². The molecule has 2 N–H and O–H groups in total. The van der Waals surface area contributed by atoms with Crippen LogP contribution in [-0.4, -0.2) is 23.1 Å². The van der Waals surface area contributed by atoms with Crippen LogP contribution in [0.1, 0.15) is 58.3 Å². The number of carboxylic acids is 1. The van der Waals surface area contributed by atoms with Crippen molar-refractivity contribution in [2.75, 3.05) is 5.32 Å². The largest absolute Gasteiger partial charge is 0.481 e. The number of anilines is 1. The Morgan fingerprint density at radius 1 is 1.21 bits per heavy atom. The van der Waals surface area contributed by atoms with E-state index in [-0.39, 0.29) is 18.4 Å². The van der Waals surface area contributed by atoms with Crippen LogP contribution in [0.5, 0.6) is 5.06 Å². The monoisotopic (exact) mass is 415 g/mol. The molecule has 0 amide bonds. The summed E-state index contributed by atoms with van der Waals surface area (Å²) in [4.78, 5) is 23.7. The van der Waals surface area contributed by atoms with Crippen LogP contribution in [0.2, 0.25) is 0 Å². The first-order valence-electron chi connectivity index (χ1n) is 10.4. The summed E-state index contributed by atoms with van der Waals surface area (Å²) in [7, 11) is 0. The fourth-order valence-electron chi connectivity index (χ4n) is 4.06. The number of carbonyl (C=O) groups is 2. The molecule has 1 saturated carbocycles. The highest BCUT2D eigenvalue weighted by atomic mass is 32.1.